The average Bonchev–Trinajstić information content (AvgIpc) is 2.16. The quantitative estimate of drug-likeness (QED) is 0.555. The maximum absolute atomic E-state index is 10.9. The van der Waals surface area contributed by atoms with Crippen LogP contribution in [0.15, 0.2) is 0 Å². The second-order valence-electron chi connectivity index (χ2n) is 4.34. The summed E-state index contributed by atoms with van der Waals surface area (Å²) in [5.74, 6) is 0. The van der Waals surface area contributed by atoms with Crippen LogP contribution < -0.4 is 10.6 Å². The highest BCUT2D eigenvalue weighted by molar-refractivity contribution is 5.74. The van der Waals surface area contributed by atoms with Crippen LogP contribution in [0.5, 0.6) is 0 Å². The van der Waals surface area contributed by atoms with Gasteiger partial charge in [0.15, 0.2) is 0 Å². The molecule has 0 unspecified atom stereocenters. The average molecular weight is 183 g/mol. The Morgan fingerprint density at radius 1 is 1.23 bits per heavy atom. The predicted molar refractivity (Wildman–Crippen MR) is 50.6 cm³/mol. The number of piperidine rings is 1. The summed E-state index contributed by atoms with van der Waals surface area (Å²) in [6, 6.07) is -0.00967. The SMILES string of the molecule is CN1CCC2(CC1)CNC(=O)NC2. The van der Waals surface area contributed by atoms with Gasteiger partial charge in [-0.05, 0) is 33.0 Å². The summed E-state index contributed by atoms with van der Waals surface area (Å²) in [6.07, 6.45) is 2.38. The fourth-order valence-electron chi connectivity index (χ4n) is 2.11. The minimum absolute atomic E-state index is 0.00967. The second kappa shape index (κ2) is 3.18. The minimum atomic E-state index is -0.00967. The lowest BCUT2D eigenvalue weighted by Gasteiger charge is -2.43. The fourth-order valence-corrected chi connectivity index (χ4v) is 2.11. The van der Waals surface area contributed by atoms with Crippen LogP contribution >= 0.6 is 0 Å². The van der Waals surface area contributed by atoms with E-state index in [-0.39, 0.29) is 6.03 Å². The van der Waals surface area contributed by atoms with Gasteiger partial charge in [-0.1, -0.05) is 0 Å². The van der Waals surface area contributed by atoms with E-state index in [1.807, 2.05) is 0 Å². The Hall–Kier alpha value is -0.770. The van der Waals surface area contributed by atoms with Gasteiger partial charge in [-0.25, -0.2) is 4.79 Å². The van der Waals surface area contributed by atoms with E-state index in [1.165, 1.54) is 12.8 Å². The van der Waals surface area contributed by atoms with Gasteiger partial charge in [-0.2, -0.15) is 0 Å². The summed E-state index contributed by atoms with van der Waals surface area (Å²) in [6.45, 7) is 4.01. The Bertz CT molecular complexity index is 197. The molecule has 2 N–H and O–H groups in total. The lowest BCUT2D eigenvalue weighted by molar-refractivity contribution is 0.108. The summed E-state index contributed by atoms with van der Waals surface area (Å²) in [5, 5.41) is 5.78. The molecule has 0 aromatic carbocycles. The van der Waals surface area contributed by atoms with Crippen molar-refractivity contribution in [3.05, 3.63) is 0 Å². The summed E-state index contributed by atoms with van der Waals surface area (Å²) in [7, 11) is 2.15. The smallest absolute Gasteiger partial charge is 0.314 e. The van der Waals surface area contributed by atoms with Gasteiger partial charge in [0.2, 0.25) is 0 Å². The first-order valence-electron chi connectivity index (χ1n) is 4.91. The molecule has 1 spiro atoms. The molecule has 2 rings (SSSR count). The van der Waals surface area contributed by atoms with Crippen molar-refractivity contribution in [2.45, 2.75) is 12.8 Å². The Labute approximate surface area is 78.7 Å². The lowest BCUT2D eigenvalue weighted by atomic mass is 9.77. The first kappa shape index (κ1) is 8.81. The van der Waals surface area contributed by atoms with E-state index in [9.17, 15) is 4.79 Å². The molecule has 0 saturated carbocycles. The van der Waals surface area contributed by atoms with Crippen molar-refractivity contribution in [1.82, 2.24) is 15.5 Å². The number of hydrogen-bond donors (Lipinski definition) is 2. The molecule has 0 aliphatic carbocycles. The molecule has 4 heteroatoms. The largest absolute Gasteiger partial charge is 0.338 e. The molecule has 4 nitrogen and oxygen atoms in total. The van der Waals surface area contributed by atoms with E-state index >= 15 is 0 Å². The summed E-state index contributed by atoms with van der Waals surface area (Å²) >= 11 is 0. The molecular weight excluding hydrogens is 166 g/mol. The van der Waals surface area contributed by atoms with Crippen LogP contribution in [0.1, 0.15) is 12.8 Å². The Balaban J connectivity index is 1.94. The van der Waals surface area contributed by atoms with Gasteiger partial charge in [-0.15, -0.1) is 0 Å². The normalized spacial score (nSPS) is 28.2. The third kappa shape index (κ3) is 1.77. The Kier molecular flexibility index (Phi) is 2.15. The number of rotatable bonds is 0. The van der Waals surface area contributed by atoms with E-state index in [4.69, 9.17) is 0 Å². The molecule has 0 atom stereocenters. The van der Waals surface area contributed by atoms with E-state index in [2.05, 4.69) is 22.6 Å². The highest BCUT2D eigenvalue weighted by atomic mass is 16.2. The molecule has 0 aromatic rings. The van der Waals surface area contributed by atoms with Crippen molar-refractivity contribution in [1.29, 1.82) is 0 Å². The zero-order valence-electron chi connectivity index (χ0n) is 8.10. The highest BCUT2D eigenvalue weighted by Gasteiger charge is 2.36. The van der Waals surface area contributed by atoms with Gasteiger partial charge < -0.3 is 15.5 Å². The monoisotopic (exact) mass is 183 g/mol. The molecule has 2 fully saturated rings. The summed E-state index contributed by atoms with van der Waals surface area (Å²) < 4.78 is 0. The highest BCUT2D eigenvalue weighted by Crippen LogP contribution is 2.30. The van der Waals surface area contributed by atoms with Crippen molar-refractivity contribution in [2.75, 3.05) is 33.2 Å². The van der Waals surface area contributed by atoms with Crippen molar-refractivity contribution >= 4 is 6.03 Å². The van der Waals surface area contributed by atoms with E-state index in [1.54, 1.807) is 0 Å². The van der Waals surface area contributed by atoms with Gasteiger partial charge >= 0.3 is 6.03 Å². The van der Waals surface area contributed by atoms with Gasteiger partial charge in [0.05, 0.1) is 0 Å². The maximum Gasteiger partial charge on any atom is 0.314 e. The molecule has 0 bridgehead atoms. The van der Waals surface area contributed by atoms with Crippen LogP contribution in [0, 0.1) is 5.41 Å². The van der Waals surface area contributed by atoms with Crippen molar-refractivity contribution < 1.29 is 4.79 Å². The number of nitrogens with zero attached hydrogens (tertiary/aromatic N) is 1. The first-order valence-corrected chi connectivity index (χ1v) is 4.91. The molecule has 2 amide bonds. The third-order valence-corrected chi connectivity index (χ3v) is 3.30. The van der Waals surface area contributed by atoms with Gasteiger partial charge in [0, 0.05) is 18.5 Å². The molecule has 2 aliphatic heterocycles. The van der Waals surface area contributed by atoms with Crippen LogP contribution in [-0.4, -0.2) is 44.2 Å². The maximum atomic E-state index is 10.9. The Morgan fingerprint density at radius 3 is 2.31 bits per heavy atom. The predicted octanol–water partition coefficient (Wildman–Crippen LogP) is 0.0112. The zero-order valence-corrected chi connectivity index (χ0v) is 8.10. The van der Waals surface area contributed by atoms with Crippen molar-refractivity contribution in [3.8, 4) is 0 Å². The molecule has 74 valence electrons. The number of amides is 2. The van der Waals surface area contributed by atoms with Crippen LogP contribution in [-0.2, 0) is 0 Å². The first-order chi connectivity index (χ1) is 6.20. The number of carbonyl (C=O) groups is 1. The lowest BCUT2D eigenvalue weighted by Crippen LogP contribution is -2.57. The number of hydrogen-bond acceptors (Lipinski definition) is 2. The molecule has 0 aromatic heterocycles. The fraction of sp³-hybridized carbons (Fsp3) is 0.889. The molecule has 2 aliphatic rings. The second-order valence-corrected chi connectivity index (χ2v) is 4.34. The van der Waals surface area contributed by atoms with E-state index < -0.39 is 0 Å². The standard InChI is InChI=1S/C9H17N3O/c1-12-4-2-9(3-5-12)6-10-8(13)11-7-9/h2-7H2,1H3,(H2,10,11,13). The summed E-state index contributed by atoms with van der Waals surface area (Å²) in [4.78, 5) is 13.3. The number of nitrogens with one attached hydrogen (secondary N) is 2. The molecule has 2 saturated heterocycles. The van der Waals surface area contributed by atoms with Crippen molar-refractivity contribution in [2.24, 2.45) is 5.41 Å². The minimum Gasteiger partial charge on any atom is -0.338 e. The van der Waals surface area contributed by atoms with Gasteiger partial charge in [0.25, 0.3) is 0 Å². The topological polar surface area (TPSA) is 44.4 Å². The van der Waals surface area contributed by atoms with Gasteiger partial charge in [0.1, 0.15) is 0 Å². The molecule has 0 radical (unpaired) electrons. The summed E-state index contributed by atoms with van der Waals surface area (Å²) in [5.41, 5.74) is 0.334. The number of urea groups is 1. The van der Waals surface area contributed by atoms with Crippen LogP contribution in [0.4, 0.5) is 4.79 Å². The van der Waals surface area contributed by atoms with Crippen LogP contribution in [0.3, 0.4) is 0 Å². The Morgan fingerprint density at radius 2 is 1.77 bits per heavy atom. The van der Waals surface area contributed by atoms with Crippen molar-refractivity contribution in [3.63, 3.8) is 0 Å². The van der Waals surface area contributed by atoms with Crippen LogP contribution in [0.2, 0.25) is 0 Å². The number of carbonyl (C=O) groups excluding carboxylic acids is 1. The van der Waals surface area contributed by atoms with Gasteiger partial charge in [-0.3, -0.25) is 0 Å². The third-order valence-electron chi connectivity index (χ3n) is 3.30. The molecular formula is C9H17N3O. The molecule has 13 heavy (non-hydrogen) atoms. The van der Waals surface area contributed by atoms with Crippen LogP contribution in [0.25, 0.3) is 0 Å². The molecule has 2 heterocycles. The zero-order chi connectivity index (χ0) is 9.31. The number of likely N-dealkylation sites (tertiary alicyclic amines) is 1. The van der Waals surface area contributed by atoms with E-state index in [0.29, 0.717) is 5.41 Å². The van der Waals surface area contributed by atoms with E-state index in [0.717, 1.165) is 26.2 Å².